The molecule has 0 spiro atoms. The monoisotopic (exact) mass is 729 g/mol. The molecule has 2 saturated heterocycles. The Bertz CT molecular complexity index is 2080. The third-order valence-electron chi connectivity index (χ3n) is 11.0. The number of rotatable bonds is 12. The number of anilines is 3. The minimum Gasteiger partial charge on any atom is -0.394 e. The van der Waals surface area contributed by atoms with Crippen LogP contribution in [0.3, 0.4) is 0 Å². The largest absolute Gasteiger partial charge is 0.394 e. The zero-order chi connectivity index (χ0) is 37.2. The van der Waals surface area contributed by atoms with Crippen LogP contribution in [-0.4, -0.2) is 88.5 Å². The van der Waals surface area contributed by atoms with Crippen LogP contribution >= 0.6 is 0 Å². The summed E-state index contributed by atoms with van der Waals surface area (Å²) in [7, 11) is 0. The van der Waals surface area contributed by atoms with Crippen molar-refractivity contribution in [1.29, 1.82) is 0 Å². The van der Waals surface area contributed by atoms with Crippen LogP contribution in [0.15, 0.2) is 85.2 Å². The second-order valence-electron chi connectivity index (χ2n) is 14.3. The van der Waals surface area contributed by atoms with Crippen molar-refractivity contribution in [2.75, 3.05) is 48.9 Å². The van der Waals surface area contributed by atoms with E-state index in [9.17, 15) is 24.3 Å². The van der Waals surface area contributed by atoms with Crippen LogP contribution < -0.4 is 21.3 Å². The van der Waals surface area contributed by atoms with Crippen molar-refractivity contribution < 1.29 is 29.0 Å². The van der Waals surface area contributed by atoms with Gasteiger partial charge in [-0.2, -0.15) is 0 Å². The Kier molecular flexibility index (Phi) is 10.1. The second-order valence-corrected chi connectivity index (χ2v) is 14.3. The molecular weight excluding hydrogens is 686 g/mol. The van der Waals surface area contributed by atoms with E-state index in [4.69, 9.17) is 4.74 Å². The van der Waals surface area contributed by atoms with Gasteiger partial charge < -0.3 is 30.7 Å². The number of nitrogens with zero attached hydrogens (tertiary/aromatic N) is 3. The molecule has 13 heteroatoms. The summed E-state index contributed by atoms with van der Waals surface area (Å²) in [5.74, 6) is -0.984. The quantitative estimate of drug-likeness (QED) is 0.107. The number of imide groups is 1. The number of carbonyl (C=O) groups is 4. The minimum atomic E-state index is -0.678. The number of fused-ring (bicyclic) bond motifs is 4. The van der Waals surface area contributed by atoms with E-state index in [0.717, 1.165) is 47.6 Å². The molecule has 4 amide bonds. The predicted octanol–water partition coefficient (Wildman–Crippen LogP) is 3.93. The number of aliphatic hydroxyl groups is 1. The van der Waals surface area contributed by atoms with Crippen molar-refractivity contribution in [3.63, 3.8) is 0 Å². The van der Waals surface area contributed by atoms with Crippen LogP contribution in [0, 0.1) is 5.92 Å². The maximum atomic E-state index is 13.1. The third-order valence-corrected chi connectivity index (χ3v) is 11.0. The van der Waals surface area contributed by atoms with E-state index in [1.54, 1.807) is 12.1 Å². The number of likely N-dealkylation sites (tertiary alicyclic amines) is 1. The molecule has 3 aromatic carbocycles. The molecule has 0 radical (unpaired) electrons. The first-order valence-electron chi connectivity index (χ1n) is 18.5. The van der Waals surface area contributed by atoms with Gasteiger partial charge in [-0.25, -0.2) is 0 Å². The van der Waals surface area contributed by atoms with E-state index < -0.39 is 11.9 Å². The molecule has 1 aromatic heterocycles. The Hall–Kier alpha value is -5.63. The Balaban J connectivity index is 0.862. The number of piperidine rings is 1. The summed E-state index contributed by atoms with van der Waals surface area (Å²) in [6.45, 7) is 2.63. The normalized spacial score (nSPS) is 21.9. The molecule has 4 aliphatic rings. The summed E-state index contributed by atoms with van der Waals surface area (Å²) in [5.41, 5.74) is 8.23. The third kappa shape index (κ3) is 7.17. The van der Waals surface area contributed by atoms with Gasteiger partial charge in [0.05, 0.1) is 19.3 Å². The summed E-state index contributed by atoms with van der Waals surface area (Å²) >= 11 is 0. The molecule has 13 nitrogen and oxygen atoms in total. The summed E-state index contributed by atoms with van der Waals surface area (Å²) in [6.07, 6.45) is 5.15. The van der Waals surface area contributed by atoms with Crippen molar-refractivity contribution in [2.45, 2.75) is 50.5 Å². The van der Waals surface area contributed by atoms with Crippen LogP contribution in [0.4, 0.5) is 17.1 Å². The van der Waals surface area contributed by atoms with Gasteiger partial charge in [-0.1, -0.05) is 24.3 Å². The SMILES string of the molecule is O=C1CCC(N2Cc3c(NCCOCC(=O)Nc4cccc(-c5ccc6c(c5)[C@H]5[C@H](CCN5Cc5ccncc5)[C@@H](CO)N6)c4)cccc3C2=O)C(=O)N1. The molecule has 1 unspecified atom stereocenters. The van der Waals surface area contributed by atoms with Gasteiger partial charge in [-0.3, -0.25) is 34.4 Å². The fraction of sp³-hybridized carbons (Fsp3) is 0.341. The number of hydrogen-bond acceptors (Lipinski definition) is 10. The van der Waals surface area contributed by atoms with Gasteiger partial charge in [0.1, 0.15) is 12.6 Å². The van der Waals surface area contributed by atoms with E-state index in [-0.39, 0.29) is 68.5 Å². The van der Waals surface area contributed by atoms with Gasteiger partial charge >= 0.3 is 0 Å². The molecule has 0 bridgehead atoms. The van der Waals surface area contributed by atoms with Gasteiger partial charge in [0, 0.05) is 78.6 Å². The molecule has 54 heavy (non-hydrogen) atoms. The summed E-state index contributed by atoms with van der Waals surface area (Å²) in [5, 5.41) is 22.4. The molecular formula is C41H43N7O6. The van der Waals surface area contributed by atoms with Crippen molar-refractivity contribution in [3.05, 3.63) is 107 Å². The Morgan fingerprint density at radius 2 is 1.81 bits per heavy atom. The fourth-order valence-corrected chi connectivity index (χ4v) is 8.39. The lowest BCUT2D eigenvalue weighted by Crippen LogP contribution is -2.52. The lowest BCUT2D eigenvalue weighted by molar-refractivity contribution is -0.137. The molecule has 8 rings (SSSR count). The molecule has 0 saturated carbocycles. The number of benzene rings is 3. The second kappa shape index (κ2) is 15.4. The number of amides is 4. The van der Waals surface area contributed by atoms with E-state index in [1.807, 2.05) is 42.7 Å². The van der Waals surface area contributed by atoms with E-state index >= 15 is 0 Å². The summed E-state index contributed by atoms with van der Waals surface area (Å²) in [6, 6.07) is 23.2. The first kappa shape index (κ1) is 35.4. The highest BCUT2D eigenvalue weighted by Crippen LogP contribution is 2.48. The number of pyridine rings is 1. The Morgan fingerprint density at radius 1 is 0.981 bits per heavy atom. The van der Waals surface area contributed by atoms with Crippen LogP contribution in [0.2, 0.25) is 0 Å². The zero-order valence-corrected chi connectivity index (χ0v) is 29.8. The van der Waals surface area contributed by atoms with Gasteiger partial charge in [0.25, 0.3) is 5.91 Å². The average molecular weight is 730 g/mol. The van der Waals surface area contributed by atoms with Crippen molar-refractivity contribution in [2.24, 2.45) is 5.92 Å². The van der Waals surface area contributed by atoms with Crippen molar-refractivity contribution in [3.8, 4) is 11.1 Å². The summed E-state index contributed by atoms with van der Waals surface area (Å²) in [4.78, 5) is 58.2. The highest BCUT2D eigenvalue weighted by molar-refractivity contribution is 6.06. The number of carbonyl (C=O) groups excluding carboxylic acids is 4. The van der Waals surface area contributed by atoms with Crippen LogP contribution in [0.25, 0.3) is 11.1 Å². The zero-order valence-electron chi connectivity index (χ0n) is 29.8. The molecule has 0 aliphatic carbocycles. The predicted molar refractivity (Wildman–Crippen MR) is 202 cm³/mol. The molecule has 278 valence electrons. The first-order chi connectivity index (χ1) is 26.4. The van der Waals surface area contributed by atoms with E-state index in [2.05, 4.69) is 61.5 Å². The molecule has 4 atom stereocenters. The van der Waals surface area contributed by atoms with Gasteiger partial charge in [0.15, 0.2) is 0 Å². The number of nitrogens with one attached hydrogen (secondary N) is 4. The number of ether oxygens (including phenoxy) is 1. The van der Waals surface area contributed by atoms with Crippen molar-refractivity contribution >= 4 is 40.7 Å². The molecule has 5 N–H and O–H groups in total. The molecule has 4 aliphatic heterocycles. The molecule has 5 heterocycles. The van der Waals surface area contributed by atoms with Gasteiger partial charge in [0.2, 0.25) is 17.7 Å². The number of aromatic nitrogens is 1. The number of hydrogen-bond donors (Lipinski definition) is 5. The van der Waals surface area contributed by atoms with Crippen LogP contribution in [0.1, 0.15) is 52.4 Å². The van der Waals surface area contributed by atoms with E-state index in [0.29, 0.717) is 24.2 Å². The highest BCUT2D eigenvalue weighted by Gasteiger charge is 2.44. The lowest BCUT2D eigenvalue weighted by atomic mass is 9.82. The maximum Gasteiger partial charge on any atom is 0.255 e. The van der Waals surface area contributed by atoms with E-state index in [1.165, 1.54) is 16.0 Å². The Labute approximate surface area is 313 Å². The maximum absolute atomic E-state index is 13.1. The van der Waals surface area contributed by atoms with Gasteiger partial charge in [-0.05, 0) is 90.2 Å². The minimum absolute atomic E-state index is 0.00474. The summed E-state index contributed by atoms with van der Waals surface area (Å²) < 4.78 is 5.69. The topological polar surface area (TPSA) is 165 Å². The first-order valence-corrected chi connectivity index (χ1v) is 18.5. The molecule has 4 aromatic rings. The number of aliphatic hydroxyl groups excluding tert-OH is 1. The fourth-order valence-electron chi connectivity index (χ4n) is 8.39. The van der Waals surface area contributed by atoms with Crippen LogP contribution in [-0.2, 0) is 32.2 Å². The lowest BCUT2D eigenvalue weighted by Gasteiger charge is -2.39. The molecule has 2 fully saturated rings. The highest BCUT2D eigenvalue weighted by atomic mass is 16.5. The standard InChI is InChI=1S/C41H43N7O6/c49-23-35-30-13-17-47(21-25-11-14-42-15-12-25)39(30)31-20-27(7-8-34(31)45-35)26-3-1-4-28(19-26)44-38(51)24-54-18-16-43-33-6-2-5-29-32(33)22-48(41(29)53)36-9-10-37(50)46-40(36)52/h1-8,11-12,14-15,19-20,30,35-36,39,43,45,49H,9-10,13,16-18,21-24H2,(H,44,51)(H,46,50,52)/t30-,35-,36?,39-/m1/s1. The Morgan fingerprint density at radius 3 is 2.65 bits per heavy atom. The van der Waals surface area contributed by atoms with Crippen LogP contribution in [0.5, 0.6) is 0 Å². The average Bonchev–Trinajstić information content (AvgIpc) is 3.76. The van der Waals surface area contributed by atoms with Gasteiger partial charge in [-0.15, -0.1) is 0 Å². The smallest absolute Gasteiger partial charge is 0.255 e. The van der Waals surface area contributed by atoms with Crippen molar-refractivity contribution in [1.82, 2.24) is 20.1 Å².